The van der Waals surface area contributed by atoms with Crippen LogP contribution in [0.3, 0.4) is 0 Å². The van der Waals surface area contributed by atoms with Crippen LogP contribution < -0.4 is 28.4 Å². The minimum Gasteiger partial charge on any atom is -0.497 e. The van der Waals surface area contributed by atoms with Gasteiger partial charge in [0.1, 0.15) is 40.2 Å². The van der Waals surface area contributed by atoms with Crippen LogP contribution in [0.2, 0.25) is 0 Å². The monoisotopic (exact) mass is 875 g/mol. The van der Waals surface area contributed by atoms with Gasteiger partial charge in [0.2, 0.25) is 0 Å². The summed E-state index contributed by atoms with van der Waals surface area (Å²) in [6, 6.07) is 45.2. The first-order valence-electron chi connectivity index (χ1n) is 22.4. The van der Waals surface area contributed by atoms with Crippen molar-refractivity contribution in [3.63, 3.8) is 0 Å². The van der Waals surface area contributed by atoms with Crippen molar-refractivity contribution in [2.75, 3.05) is 28.1 Å². The van der Waals surface area contributed by atoms with Crippen LogP contribution in [0.25, 0.3) is 49.5 Å². The van der Waals surface area contributed by atoms with Crippen LogP contribution >= 0.6 is 0 Å². The van der Waals surface area contributed by atoms with E-state index in [4.69, 9.17) is 34.0 Å². The van der Waals surface area contributed by atoms with E-state index in [1.165, 1.54) is 22.3 Å². The lowest BCUT2D eigenvalue weighted by molar-refractivity contribution is 0.0642. The molecule has 0 radical (unpaired) electrons. The van der Waals surface area contributed by atoms with Crippen molar-refractivity contribution in [3.8, 4) is 62.5 Å². The maximum Gasteiger partial charge on any atom is 0.178 e. The van der Waals surface area contributed by atoms with E-state index in [1.54, 1.807) is 21.3 Å². The molecule has 1 atom stereocenters. The Labute approximate surface area is 386 Å². The highest BCUT2D eigenvalue weighted by Gasteiger charge is 2.55. The van der Waals surface area contributed by atoms with Crippen molar-refractivity contribution in [1.82, 2.24) is 0 Å². The van der Waals surface area contributed by atoms with Gasteiger partial charge in [-0.05, 0) is 130 Å². The van der Waals surface area contributed by atoms with Gasteiger partial charge < -0.3 is 28.4 Å². The molecule has 0 amide bonds. The Morgan fingerprint density at radius 1 is 0.606 bits per heavy atom. The number of methoxy groups -OCH3 is 3. The van der Waals surface area contributed by atoms with Crippen molar-refractivity contribution in [2.24, 2.45) is 15.9 Å². The lowest BCUT2D eigenvalue weighted by Gasteiger charge is -2.52. The largest absolute Gasteiger partial charge is 0.497 e. The van der Waals surface area contributed by atoms with E-state index in [-0.39, 0.29) is 23.0 Å². The fourth-order valence-corrected chi connectivity index (χ4v) is 11.9. The van der Waals surface area contributed by atoms with Gasteiger partial charge in [-0.3, -0.25) is 0 Å². The van der Waals surface area contributed by atoms with Gasteiger partial charge in [0.05, 0.1) is 21.3 Å². The van der Waals surface area contributed by atoms with Gasteiger partial charge in [-0.2, -0.15) is 0 Å². The van der Waals surface area contributed by atoms with E-state index in [1.807, 2.05) is 84.9 Å². The summed E-state index contributed by atoms with van der Waals surface area (Å²) in [4.78, 5) is 2.85. The molecule has 2 aliphatic carbocycles. The van der Waals surface area contributed by atoms with Gasteiger partial charge in [-0.1, -0.05) is 106 Å². The lowest BCUT2D eigenvalue weighted by Crippen LogP contribution is -2.44. The highest BCUT2D eigenvalue weighted by atomic mass is 16.5. The van der Waals surface area contributed by atoms with Crippen LogP contribution in [0.15, 0.2) is 145 Å². The van der Waals surface area contributed by atoms with E-state index in [0.717, 1.165) is 75.1 Å². The van der Waals surface area contributed by atoms with Crippen LogP contribution in [-0.4, -0.2) is 28.1 Å². The molecule has 3 aliphatic rings. The molecule has 332 valence electrons. The number of hydrogen-bond acceptors (Lipinski definition) is 7. The second-order valence-electron chi connectivity index (χ2n) is 19.3. The molecule has 1 saturated carbocycles. The molecule has 66 heavy (non-hydrogen) atoms. The molecule has 1 unspecified atom stereocenters. The molecule has 1 fully saturated rings. The van der Waals surface area contributed by atoms with Crippen molar-refractivity contribution in [3.05, 3.63) is 178 Å². The summed E-state index contributed by atoms with van der Waals surface area (Å²) in [5, 5.41) is 5.55. The smallest absolute Gasteiger partial charge is 0.178 e. The summed E-state index contributed by atoms with van der Waals surface area (Å²) in [6.45, 7) is 9.63. The topological polar surface area (TPSA) is 104 Å². The third-order valence-corrected chi connectivity index (χ3v) is 13.7. The molecule has 1 aliphatic heterocycles. The zero-order valence-corrected chi connectivity index (χ0v) is 38.5. The van der Waals surface area contributed by atoms with Crippen LogP contribution in [0.1, 0.15) is 74.8 Å². The minimum absolute atomic E-state index is 0.0448. The van der Waals surface area contributed by atoms with E-state index >= 15 is 0 Å². The molecular weight excluding hydrogens is 823 g/mol. The highest BCUT2D eigenvalue weighted by Crippen LogP contribution is 2.67. The molecule has 10 rings (SSSR count). The van der Waals surface area contributed by atoms with Gasteiger partial charge in [-0.15, -0.1) is 0 Å². The number of benzene rings is 7. The summed E-state index contributed by atoms with van der Waals surface area (Å²) in [5.74, 6) is 4.83. The number of rotatable bonds is 11. The van der Waals surface area contributed by atoms with Gasteiger partial charge >= 0.3 is 0 Å². The molecule has 9 heteroatoms. The number of para-hydroxylation sites is 1. The lowest BCUT2D eigenvalue weighted by atomic mass is 9.52. The van der Waals surface area contributed by atoms with E-state index in [9.17, 15) is 0 Å². The predicted octanol–water partition coefficient (Wildman–Crippen LogP) is 14.8. The Hall–Kier alpha value is -7.35. The fourth-order valence-electron chi connectivity index (χ4n) is 11.9. The van der Waals surface area contributed by atoms with Crippen LogP contribution in [0.5, 0.6) is 40.2 Å². The summed E-state index contributed by atoms with van der Waals surface area (Å²) in [6.07, 6.45) is 7.61. The second kappa shape index (κ2) is 16.3. The molecule has 1 heterocycles. The molecule has 7 aromatic rings. The SMILES string of the molecule is COc1ccc(C2(c3ccc(OCN=[N+]=[N-])cc3)C=Cc3c4c(c5cc(Oc6ccccc6)c(-c6ccc(OC)cc6OC)cc5c3O2)-c2ccccc2C42CC(C)(C)CC(C)(C)C2)cc1. The zero-order chi connectivity index (χ0) is 45.8. The average molecular weight is 876 g/mol. The van der Waals surface area contributed by atoms with E-state index in [0.29, 0.717) is 23.0 Å². The molecule has 0 saturated heterocycles. The van der Waals surface area contributed by atoms with Crippen LogP contribution in [0.4, 0.5) is 0 Å². The Morgan fingerprint density at radius 3 is 1.92 bits per heavy atom. The number of azide groups is 1. The first kappa shape index (κ1) is 42.6. The van der Waals surface area contributed by atoms with Crippen LogP contribution in [0, 0.1) is 10.8 Å². The van der Waals surface area contributed by atoms with E-state index < -0.39 is 5.60 Å². The standard InChI is InChI=1S/C57H53N3O6/c1-54(2)32-55(3,4)34-56(33-54)48-16-12-11-15-43(48)51-46-31-50(65-40-13-9-8-10-14-40)45(42-26-25-41(62-6)29-49(42)63-7)30-47(46)53-44(52(51)56)27-28-57(66-53,36-17-21-38(61-5)22-18-36)37-19-23-39(24-20-37)64-35-59-60-58/h8-31H,32-35H2,1-7H3. The van der Waals surface area contributed by atoms with Crippen molar-refractivity contribution >= 4 is 16.8 Å². The van der Waals surface area contributed by atoms with Gasteiger partial charge in [0.15, 0.2) is 12.3 Å². The maximum absolute atomic E-state index is 8.89. The highest BCUT2D eigenvalue weighted by molar-refractivity contribution is 6.11. The molecule has 0 N–H and O–H groups in total. The minimum atomic E-state index is -1.09. The first-order valence-corrected chi connectivity index (χ1v) is 22.4. The second-order valence-corrected chi connectivity index (χ2v) is 19.3. The Morgan fingerprint density at radius 2 is 1.26 bits per heavy atom. The predicted molar refractivity (Wildman–Crippen MR) is 261 cm³/mol. The van der Waals surface area contributed by atoms with Gasteiger partial charge in [0.25, 0.3) is 0 Å². The van der Waals surface area contributed by atoms with Crippen molar-refractivity contribution in [1.29, 1.82) is 0 Å². The van der Waals surface area contributed by atoms with Crippen molar-refractivity contribution < 1.29 is 28.4 Å². The number of hydrogen-bond donors (Lipinski definition) is 0. The van der Waals surface area contributed by atoms with Gasteiger partial charge in [-0.25, -0.2) is 0 Å². The first-order chi connectivity index (χ1) is 31.9. The normalized spacial score (nSPS) is 18.0. The molecule has 0 bridgehead atoms. The average Bonchev–Trinajstić information content (AvgIpc) is 3.58. The van der Waals surface area contributed by atoms with Crippen molar-refractivity contribution in [2.45, 2.75) is 58.0 Å². The number of nitrogens with zero attached hydrogens (tertiary/aromatic N) is 3. The Kier molecular flexibility index (Phi) is 10.5. The molecule has 0 aromatic heterocycles. The number of fused-ring (bicyclic) bond motifs is 10. The molecule has 7 aromatic carbocycles. The van der Waals surface area contributed by atoms with Crippen LogP contribution in [-0.2, 0) is 11.0 Å². The van der Waals surface area contributed by atoms with Gasteiger partial charge in [0, 0.05) is 49.6 Å². The quantitative estimate of drug-likeness (QED) is 0.0728. The van der Waals surface area contributed by atoms with E-state index in [2.05, 4.69) is 98.4 Å². The summed E-state index contributed by atoms with van der Waals surface area (Å²) < 4.78 is 38.1. The zero-order valence-electron chi connectivity index (χ0n) is 38.5. The maximum atomic E-state index is 8.89. The number of ether oxygens (including phenoxy) is 6. The molecule has 9 nitrogen and oxygen atoms in total. The third kappa shape index (κ3) is 7.15. The fraction of sp³-hybridized carbons (Fsp3) is 0.263. The third-order valence-electron chi connectivity index (χ3n) is 13.7. The summed E-state index contributed by atoms with van der Waals surface area (Å²) in [7, 11) is 5.01. The molecular formula is C57H53N3O6. The molecule has 1 spiro atoms. The Bertz CT molecular complexity index is 3060. The summed E-state index contributed by atoms with van der Waals surface area (Å²) in [5.41, 5.74) is 17.2. The summed E-state index contributed by atoms with van der Waals surface area (Å²) >= 11 is 0. The Balaban J connectivity index is 1.32.